The summed E-state index contributed by atoms with van der Waals surface area (Å²) in [6.45, 7) is 0. The summed E-state index contributed by atoms with van der Waals surface area (Å²) in [7, 11) is 0. The molecule has 4 rings (SSSR count). The molecular weight excluding hydrogens is 362 g/mol. The van der Waals surface area contributed by atoms with Crippen molar-refractivity contribution in [1.29, 1.82) is 0 Å². The Labute approximate surface area is 168 Å². The molecule has 0 aromatic heterocycles. The number of hydrogen-bond acceptors (Lipinski definition) is 2. The van der Waals surface area contributed by atoms with Crippen molar-refractivity contribution in [3.63, 3.8) is 0 Å². The molecule has 29 heavy (non-hydrogen) atoms. The quantitative estimate of drug-likeness (QED) is 0.422. The number of rotatable bonds is 4. The number of urea groups is 1. The van der Waals surface area contributed by atoms with Gasteiger partial charge in [-0.05, 0) is 53.2 Å². The van der Waals surface area contributed by atoms with Gasteiger partial charge in [0.1, 0.15) is 0 Å². The van der Waals surface area contributed by atoms with Gasteiger partial charge < -0.3 is 16.0 Å². The summed E-state index contributed by atoms with van der Waals surface area (Å²) in [4.78, 5) is 24.8. The number of para-hydroxylation sites is 1. The van der Waals surface area contributed by atoms with E-state index < -0.39 is 0 Å². The average molecular weight is 381 g/mol. The zero-order valence-corrected chi connectivity index (χ0v) is 15.6. The SMILES string of the molecule is O=C(Nc1ccccc1)Nc1cccc(NC(=O)c2ccc3ccccc3c2)c1. The van der Waals surface area contributed by atoms with Crippen molar-refractivity contribution >= 4 is 39.8 Å². The maximum atomic E-state index is 12.6. The van der Waals surface area contributed by atoms with Gasteiger partial charge in [-0.25, -0.2) is 4.79 Å². The first-order valence-electron chi connectivity index (χ1n) is 9.21. The van der Waals surface area contributed by atoms with Gasteiger partial charge in [0, 0.05) is 22.6 Å². The van der Waals surface area contributed by atoms with Crippen LogP contribution in [0.4, 0.5) is 21.9 Å². The van der Waals surface area contributed by atoms with E-state index in [1.54, 1.807) is 42.5 Å². The second-order valence-electron chi connectivity index (χ2n) is 6.54. The largest absolute Gasteiger partial charge is 0.323 e. The first-order chi connectivity index (χ1) is 14.2. The predicted molar refractivity (Wildman–Crippen MR) is 117 cm³/mol. The molecule has 142 valence electrons. The van der Waals surface area contributed by atoms with E-state index in [0.717, 1.165) is 10.8 Å². The minimum Gasteiger partial charge on any atom is -0.322 e. The Morgan fingerprint density at radius 3 is 1.93 bits per heavy atom. The molecule has 0 bridgehead atoms. The number of fused-ring (bicyclic) bond motifs is 1. The van der Waals surface area contributed by atoms with E-state index in [1.807, 2.05) is 54.6 Å². The van der Waals surface area contributed by atoms with Gasteiger partial charge in [-0.2, -0.15) is 0 Å². The van der Waals surface area contributed by atoms with Crippen molar-refractivity contribution in [2.45, 2.75) is 0 Å². The molecule has 0 saturated heterocycles. The Kier molecular flexibility index (Phi) is 5.21. The third kappa shape index (κ3) is 4.59. The van der Waals surface area contributed by atoms with Gasteiger partial charge >= 0.3 is 6.03 Å². The van der Waals surface area contributed by atoms with Crippen LogP contribution in [-0.2, 0) is 0 Å². The average Bonchev–Trinajstić information content (AvgIpc) is 2.74. The molecule has 0 aliphatic heterocycles. The molecule has 3 amide bonds. The zero-order valence-electron chi connectivity index (χ0n) is 15.6. The molecule has 0 radical (unpaired) electrons. The van der Waals surface area contributed by atoms with Crippen LogP contribution >= 0.6 is 0 Å². The molecule has 0 fully saturated rings. The number of carbonyl (C=O) groups is 2. The van der Waals surface area contributed by atoms with Crippen molar-refractivity contribution in [1.82, 2.24) is 0 Å². The summed E-state index contributed by atoms with van der Waals surface area (Å²) in [5.41, 5.74) is 2.45. The van der Waals surface area contributed by atoms with Crippen LogP contribution in [0.3, 0.4) is 0 Å². The fourth-order valence-electron chi connectivity index (χ4n) is 3.02. The number of carbonyl (C=O) groups excluding carboxylic acids is 2. The lowest BCUT2D eigenvalue weighted by Gasteiger charge is -2.10. The molecule has 0 heterocycles. The molecule has 0 aliphatic rings. The van der Waals surface area contributed by atoms with E-state index in [2.05, 4.69) is 16.0 Å². The molecule has 0 unspecified atom stereocenters. The lowest BCUT2D eigenvalue weighted by atomic mass is 10.1. The minimum absolute atomic E-state index is 0.207. The normalized spacial score (nSPS) is 10.3. The molecule has 5 heteroatoms. The summed E-state index contributed by atoms with van der Waals surface area (Å²) >= 11 is 0. The van der Waals surface area contributed by atoms with Gasteiger partial charge in [0.15, 0.2) is 0 Å². The number of benzene rings is 4. The molecule has 0 spiro atoms. The first-order valence-corrected chi connectivity index (χ1v) is 9.21. The van der Waals surface area contributed by atoms with Crippen LogP contribution in [0, 0.1) is 0 Å². The molecule has 5 nitrogen and oxygen atoms in total. The van der Waals surface area contributed by atoms with Gasteiger partial charge in [-0.1, -0.05) is 54.6 Å². The Hall–Kier alpha value is -4.12. The molecule has 0 atom stereocenters. The van der Waals surface area contributed by atoms with Gasteiger partial charge in [-0.15, -0.1) is 0 Å². The van der Waals surface area contributed by atoms with Gasteiger partial charge in [-0.3, -0.25) is 4.79 Å². The standard InChI is InChI=1S/C24H19N3O2/c28-23(19-14-13-17-7-4-5-8-18(17)15-19)25-21-11-6-12-22(16-21)27-24(29)26-20-9-2-1-3-10-20/h1-16H,(H,25,28)(H2,26,27,29). The van der Waals surface area contributed by atoms with Crippen LogP contribution in [0.2, 0.25) is 0 Å². The maximum absolute atomic E-state index is 12.6. The fourth-order valence-corrected chi connectivity index (χ4v) is 3.02. The summed E-state index contributed by atoms with van der Waals surface area (Å²) in [5, 5.41) is 10.5. The topological polar surface area (TPSA) is 70.2 Å². The van der Waals surface area contributed by atoms with E-state index in [0.29, 0.717) is 22.6 Å². The molecular formula is C24H19N3O2. The molecule has 3 N–H and O–H groups in total. The van der Waals surface area contributed by atoms with Gasteiger partial charge in [0.2, 0.25) is 0 Å². The third-order valence-corrected chi connectivity index (χ3v) is 4.42. The van der Waals surface area contributed by atoms with Crippen LogP contribution in [0.1, 0.15) is 10.4 Å². The second-order valence-corrected chi connectivity index (χ2v) is 6.54. The lowest BCUT2D eigenvalue weighted by molar-refractivity contribution is 0.102. The molecule has 0 aliphatic carbocycles. The molecule has 4 aromatic rings. The van der Waals surface area contributed by atoms with E-state index in [-0.39, 0.29) is 11.9 Å². The Bertz CT molecular complexity index is 1170. The highest BCUT2D eigenvalue weighted by molar-refractivity contribution is 6.07. The summed E-state index contributed by atoms with van der Waals surface area (Å²) in [6.07, 6.45) is 0. The summed E-state index contributed by atoms with van der Waals surface area (Å²) in [6, 6.07) is 29.3. The highest BCUT2D eigenvalue weighted by Crippen LogP contribution is 2.19. The van der Waals surface area contributed by atoms with Crippen LogP contribution in [0.15, 0.2) is 97.1 Å². The van der Waals surface area contributed by atoms with Gasteiger partial charge in [0.05, 0.1) is 0 Å². The first kappa shape index (κ1) is 18.3. The van der Waals surface area contributed by atoms with Crippen LogP contribution < -0.4 is 16.0 Å². The fraction of sp³-hybridized carbons (Fsp3) is 0. The van der Waals surface area contributed by atoms with Crippen molar-refractivity contribution in [2.75, 3.05) is 16.0 Å². The van der Waals surface area contributed by atoms with Crippen molar-refractivity contribution in [3.05, 3.63) is 103 Å². The van der Waals surface area contributed by atoms with E-state index >= 15 is 0 Å². The highest BCUT2D eigenvalue weighted by atomic mass is 16.2. The minimum atomic E-state index is -0.353. The van der Waals surface area contributed by atoms with Crippen molar-refractivity contribution in [2.24, 2.45) is 0 Å². The summed E-state index contributed by atoms with van der Waals surface area (Å²) < 4.78 is 0. The Morgan fingerprint density at radius 1 is 0.517 bits per heavy atom. The maximum Gasteiger partial charge on any atom is 0.323 e. The number of hydrogen-bond donors (Lipinski definition) is 3. The lowest BCUT2D eigenvalue weighted by Crippen LogP contribution is -2.19. The van der Waals surface area contributed by atoms with Crippen molar-refractivity contribution < 1.29 is 9.59 Å². The van der Waals surface area contributed by atoms with E-state index in [1.165, 1.54) is 0 Å². The number of amides is 3. The van der Waals surface area contributed by atoms with Gasteiger partial charge in [0.25, 0.3) is 5.91 Å². The molecule has 0 saturated carbocycles. The van der Waals surface area contributed by atoms with Crippen LogP contribution in [0.25, 0.3) is 10.8 Å². The Morgan fingerprint density at radius 2 is 1.14 bits per heavy atom. The highest BCUT2D eigenvalue weighted by Gasteiger charge is 2.08. The van der Waals surface area contributed by atoms with E-state index in [9.17, 15) is 9.59 Å². The molecule has 4 aromatic carbocycles. The smallest absolute Gasteiger partial charge is 0.322 e. The number of nitrogens with one attached hydrogen (secondary N) is 3. The third-order valence-electron chi connectivity index (χ3n) is 4.42. The number of anilines is 3. The Balaban J connectivity index is 1.43. The van der Waals surface area contributed by atoms with Crippen molar-refractivity contribution in [3.8, 4) is 0 Å². The summed E-state index contributed by atoms with van der Waals surface area (Å²) in [5.74, 6) is -0.207. The zero-order chi connectivity index (χ0) is 20.1. The predicted octanol–water partition coefficient (Wildman–Crippen LogP) is 5.74. The monoisotopic (exact) mass is 381 g/mol. The second kappa shape index (κ2) is 8.27. The van der Waals surface area contributed by atoms with Crippen LogP contribution in [-0.4, -0.2) is 11.9 Å². The van der Waals surface area contributed by atoms with Crippen LogP contribution in [0.5, 0.6) is 0 Å². The van der Waals surface area contributed by atoms with E-state index in [4.69, 9.17) is 0 Å².